The van der Waals surface area contributed by atoms with Gasteiger partial charge < -0.3 is 14.6 Å². The lowest BCUT2D eigenvalue weighted by Gasteiger charge is -2.27. The normalized spacial score (nSPS) is 12.5. The second-order valence-electron chi connectivity index (χ2n) is 8.87. The van der Waals surface area contributed by atoms with Gasteiger partial charge in [0.15, 0.2) is 0 Å². The van der Waals surface area contributed by atoms with Crippen LogP contribution in [-0.4, -0.2) is 18.8 Å². The van der Waals surface area contributed by atoms with Crippen molar-refractivity contribution >= 4 is 0 Å². The number of hydrogen-bond donors (Lipinski definition) is 1. The summed E-state index contributed by atoms with van der Waals surface area (Å²) in [6, 6.07) is 22.1. The molecule has 0 radical (unpaired) electrons. The van der Waals surface area contributed by atoms with E-state index >= 15 is 0 Å². The van der Waals surface area contributed by atoms with Crippen molar-refractivity contribution < 1.29 is 14.6 Å². The molecule has 0 heterocycles. The van der Waals surface area contributed by atoms with E-state index in [0.29, 0.717) is 12.4 Å². The SMILES string of the molecule is CCCCOc1c(C(O)c2cccc(-c3ccccc3)c2OC)cccc1C(C)(C)C. The van der Waals surface area contributed by atoms with Gasteiger partial charge in [-0.05, 0) is 23.0 Å². The quantitative estimate of drug-likeness (QED) is 0.404. The predicted molar refractivity (Wildman–Crippen MR) is 128 cm³/mol. The first-order valence-corrected chi connectivity index (χ1v) is 11.0. The van der Waals surface area contributed by atoms with Gasteiger partial charge in [0, 0.05) is 16.7 Å². The molecule has 0 saturated carbocycles. The number of hydrogen-bond acceptors (Lipinski definition) is 3. The van der Waals surface area contributed by atoms with E-state index in [-0.39, 0.29) is 5.41 Å². The van der Waals surface area contributed by atoms with Gasteiger partial charge in [0.1, 0.15) is 17.6 Å². The molecular formula is C28H34O3. The molecule has 0 bridgehead atoms. The number of methoxy groups -OCH3 is 1. The number of para-hydroxylation sites is 2. The van der Waals surface area contributed by atoms with E-state index in [9.17, 15) is 5.11 Å². The Labute approximate surface area is 186 Å². The Hall–Kier alpha value is -2.78. The molecule has 0 aliphatic rings. The first-order chi connectivity index (χ1) is 14.9. The van der Waals surface area contributed by atoms with Crippen LogP contribution in [0.15, 0.2) is 66.7 Å². The molecule has 3 nitrogen and oxygen atoms in total. The van der Waals surface area contributed by atoms with E-state index in [1.54, 1.807) is 7.11 Å². The highest BCUT2D eigenvalue weighted by Crippen LogP contribution is 2.43. The van der Waals surface area contributed by atoms with Crippen molar-refractivity contribution in [2.75, 3.05) is 13.7 Å². The van der Waals surface area contributed by atoms with Crippen LogP contribution in [0.25, 0.3) is 11.1 Å². The first kappa shape index (κ1) is 22.9. The summed E-state index contributed by atoms with van der Waals surface area (Å²) < 4.78 is 12.1. The van der Waals surface area contributed by atoms with Crippen LogP contribution >= 0.6 is 0 Å². The van der Waals surface area contributed by atoms with Crippen molar-refractivity contribution in [3.8, 4) is 22.6 Å². The van der Waals surface area contributed by atoms with E-state index in [4.69, 9.17) is 9.47 Å². The Morgan fingerprint density at radius 1 is 0.839 bits per heavy atom. The number of aliphatic hydroxyl groups is 1. The van der Waals surface area contributed by atoms with Crippen molar-refractivity contribution in [3.05, 3.63) is 83.4 Å². The lowest BCUT2D eigenvalue weighted by Crippen LogP contribution is -2.16. The largest absolute Gasteiger partial charge is 0.496 e. The van der Waals surface area contributed by atoms with Crippen LogP contribution in [0.1, 0.15) is 63.3 Å². The molecule has 0 saturated heterocycles. The van der Waals surface area contributed by atoms with Gasteiger partial charge in [-0.3, -0.25) is 0 Å². The zero-order valence-electron chi connectivity index (χ0n) is 19.3. The monoisotopic (exact) mass is 418 g/mol. The molecular weight excluding hydrogens is 384 g/mol. The van der Waals surface area contributed by atoms with E-state index in [2.05, 4.69) is 33.8 Å². The van der Waals surface area contributed by atoms with Gasteiger partial charge in [0.25, 0.3) is 0 Å². The Morgan fingerprint density at radius 2 is 1.48 bits per heavy atom. The minimum Gasteiger partial charge on any atom is -0.496 e. The molecule has 1 N–H and O–H groups in total. The van der Waals surface area contributed by atoms with Crippen LogP contribution < -0.4 is 9.47 Å². The second kappa shape index (κ2) is 10.0. The minimum absolute atomic E-state index is 0.104. The van der Waals surface area contributed by atoms with Crippen LogP contribution in [-0.2, 0) is 5.41 Å². The van der Waals surface area contributed by atoms with Gasteiger partial charge in [-0.25, -0.2) is 0 Å². The molecule has 1 atom stereocenters. The average molecular weight is 419 g/mol. The molecule has 164 valence electrons. The molecule has 3 heteroatoms. The van der Waals surface area contributed by atoms with Gasteiger partial charge in [-0.15, -0.1) is 0 Å². The highest BCUT2D eigenvalue weighted by Gasteiger charge is 2.27. The zero-order chi connectivity index (χ0) is 22.4. The van der Waals surface area contributed by atoms with Crippen LogP contribution in [0.3, 0.4) is 0 Å². The van der Waals surface area contributed by atoms with Crippen LogP contribution in [0.5, 0.6) is 11.5 Å². The molecule has 3 aromatic carbocycles. The number of ether oxygens (including phenoxy) is 2. The maximum Gasteiger partial charge on any atom is 0.132 e. The first-order valence-electron chi connectivity index (χ1n) is 11.0. The van der Waals surface area contributed by atoms with Gasteiger partial charge in [-0.2, -0.15) is 0 Å². The Kier molecular flexibility index (Phi) is 7.40. The standard InChI is InChI=1S/C28H34O3/c1-6-7-19-31-27-23(17-12-18-24(27)28(2,3)4)25(29)22-16-11-15-21(26(22)30-5)20-13-9-8-10-14-20/h8-18,25,29H,6-7,19H2,1-5H3. The Bertz CT molecular complexity index is 987. The highest BCUT2D eigenvalue weighted by molar-refractivity contribution is 5.73. The second-order valence-corrected chi connectivity index (χ2v) is 8.87. The van der Waals surface area contributed by atoms with E-state index in [0.717, 1.165) is 46.4 Å². The van der Waals surface area contributed by atoms with Crippen molar-refractivity contribution in [1.82, 2.24) is 0 Å². The average Bonchev–Trinajstić information content (AvgIpc) is 2.78. The van der Waals surface area contributed by atoms with Crippen molar-refractivity contribution in [2.45, 2.75) is 52.1 Å². The van der Waals surface area contributed by atoms with E-state index < -0.39 is 6.10 Å². The van der Waals surface area contributed by atoms with Crippen molar-refractivity contribution in [3.63, 3.8) is 0 Å². The molecule has 3 rings (SSSR count). The minimum atomic E-state index is -0.863. The number of aliphatic hydroxyl groups excluding tert-OH is 1. The van der Waals surface area contributed by atoms with Crippen LogP contribution in [0.2, 0.25) is 0 Å². The summed E-state index contributed by atoms with van der Waals surface area (Å²) >= 11 is 0. The molecule has 0 amide bonds. The Balaban J connectivity index is 2.12. The number of benzene rings is 3. The molecule has 0 aromatic heterocycles. The lowest BCUT2D eigenvalue weighted by molar-refractivity contribution is 0.204. The molecule has 0 aliphatic heterocycles. The third-order valence-corrected chi connectivity index (χ3v) is 5.52. The summed E-state index contributed by atoms with van der Waals surface area (Å²) in [6.45, 7) is 9.28. The Morgan fingerprint density at radius 3 is 2.10 bits per heavy atom. The third-order valence-electron chi connectivity index (χ3n) is 5.52. The summed E-state index contributed by atoms with van der Waals surface area (Å²) in [5, 5.41) is 11.5. The lowest BCUT2D eigenvalue weighted by atomic mass is 9.83. The number of unbranched alkanes of at least 4 members (excludes halogenated alkanes) is 1. The molecule has 31 heavy (non-hydrogen) atoms. The van der Waals surface area contributed by atoms with Gasteiger partial charge >= 0.3 is 0 Å². The zero-order valence-corrected chi connectivity index (χ0v) is 19.3. The smallest absolute Gasteiger partial charge is 0.132 e. The number of rotatable bonds is 8. The topological polar surface area (TPSA) is 38.7 Å². The molecule has 3 aromatic rings. The summed E-state index contributed by atoms with van der Waals surface area (Å²) in [4.78, 5) is 0. The predicted octanol–water partition coefficient (Wildman–Crippen LogP) is 6.92. The molecule has 1 unspecified atom stereocenters. The van der Waals surface area contributed by atoms with Crippen LogP contribution in [0, 0.1) is 0 Å². The van der Waals surface area contributed by atoms with Gasteiger partial charge in [-0.1, -0.05) is 101 Å². The summed E-state index contributed by atoms with van der Waals surface area (Å²) in [5.74, 6) is 1.46. The highest BCUT2D eigenvalue weighted by atomic mass is 16.5. The molecule has 0 aliphatic carbocycles. The summed E-state index contributed by atoms with van der Waals surface area (Å²) in [7, 11) is 1.65. The van der Waals surface area contributed by atoms with Crippen molar-refractivity contribution in [1.29, 1.82) is 0 Å². The third kappa shape index (κ3) is 5.11. The summed E-state index contributed by atoms with van der Waals surface area (Å²) in [5.41, 5.74) is 4.50. The van der Waals surface area contributed by atoms with Crippen molar-refractivity contribution in [2.24, 2.45) is 0 Å². The molecule has 0 fully saturated rings. The summed E-state index contributed by atoms with van der Waals surface area (Å²) in [6.07, 6.45) is 1.17. The van der Waals surface area contributed by atoms with Gasteiger partial charge in [0.05, 0.1) is 13.7 Å². The molecule has 0 spiro atoms. The van der Waals surface area contributed by atoms with Gasteiger partial charge in [0.2, 0.25) is 0 Å². The fourth-order valence-electron chi connectivity index (χ4n) is 3.85. The fraction of sp³-hybridized carbons (Fsp3) is 0.357. The van der Waals surface area contributed by atoms with Crippen LogP contribution in [0.4, 0.5) is 0 Å². The van der Waals surface area contributed by atoms with E-state index in [1.807, 2.05) is 60.7 Å². The maximum atomic E-state index is 11.5. The fourth-order valence-corrected chi connectivity index (χ4v) is 3.85. The maximum absolute atomic E-state index is 11.5. The van der Waals surface area contributed by atoms with E-state index in [1.165, 1.54) is 0 Å².